The average molecular weight is 584 g/mol. The van der Waals surface area contributed by atoms with Crippen LogP contribution in [0.4, 0.5) is 0 Å². The largest absolute Gasteiger partial charge is 0.486 e. The maximum atomic E-state index is 13.2. The third kappa shape index (κ3) is 4.43. The highest BCUT2D eigenvalue weighted by Gasteiger charge is 2.69. The SMILES string of the molecule is O=C(OCC1(O)[C@@H](OC(=O)C2CC2)CC[C@]2(O)[C@@H]3C(Oc4cc(-c5cccnc5)oc(=O)c4[C@@H]3O)C(O)C[C@@H]12)C1CC1. The first kappa shape index (κ1) is 27.5. The zero-order valence-electron chi connectivity index (χ0n) is 22.8. The fourth-order valence-corrected chi connectivity index (χ4v) is 7.11. The molecule has 4 N–H and O–H groups in total. The molecule has 3 heterocycles. The van der Waals surface area contributed by atoms with E-state index >= 15 is 0 Å². The summed E-state index contributed by atoms with van der Waals surface area (Å²) >= 11 is 0. The van der Waals surface area contributed by atoms with Gasteiger partial charge < -0.3 is 39.1 Å². The number of aliphatic hydroxyl groups excluding tert-OH is 2. The molecule has 5 aliphatic rings. The fraction of sp³-hybridized carbons (Fsp3) is 0.600. The number of hydrogen-bond donors (Lipinski definition) is 4. The predicted molar refractivity (Wildman–Crippen MR) is 141 cm³/mol. The van der Waals surface area contributed by atoms with E-state index in [2.05, 4.69) is 4.98 Å². The molecule has 0 saturated heterocycles. The fourth-order valence-electron chi connectivity index (χ4n) is 7.11. The van der Waals surface area contributed by atoms with Gasteiger partial charge >= 0.3 is 17.6 Å². The molecule has 3 unspecified atom stereocenters. The van der Waals surface area contributed by atoms with Crippen molar-refractivity contribution in [1.82, 2.24) is 4.98 Å². The summed E-state index contributed by atoms with van der Waals surface area (Å²) in [5.74, 6) is -3.75. The van der Waals surface area contributed by atoms with Gasteiger partial charge in [-0.05, 0) is 57.1 Å². The topological polar surface area (TPSA) is 186 Å². The van der Waals surface area contributed by atoms with E-state index < -0.39 is 71.6 Å². The zero-order chi connectivity index (χ0) is 29.4. The summed E-state index contributed by atoms with van der Waals surface area (Å²) in [5.41, 5.74) is -4.54. The van der Waals surface area contributed by atoms with Gasteiger partial charge in [0.25, 0.3) is 0 Å². The van der Waals surface area contributed by atoms with E-state index in [0.717, 1.165) is 0 Å². The average Bonchev–Trinajstić information content (AvgIpc) is 3.88. The van der Waals surface area contributed by atoms with Gasteiger partial charge in [0.15, 0.2) is 0 Å². The summed E-state index contributed by atoms with van der Waals surface area (Å²) in [6.45, 7) is -0.563. The normalized spacial score (nSPS) is 37.0. The summed E-state index contributed by atoms with van der Waals surface area (Å²) < 4.78 is 22.8. The van der Waals surface area contributed by atoms with Crippen LogP contribution in [-0.2, 0) is 19.1 Å². The maximum absolute atomic E-state index is 13.2. The van der Waals surface area contributed by atoms with Gasteiger partial charge in [-0.1, -0.05) is 0 Å². The van der Waals surface area contributed by atoms with E-state index in [1.54, 1.807) is 18.3 Å². The number of nitrogens with zero attached hydrogens (tertiary/aromatic N) is 1. The number of rotatable bonds is 6. The number of carbonyl (C=O) groups is 2. The molecule has 0 spiro atoms. The molecule has 0 amide bonds. The Morgan fingerprint density at radius 2 is 1.81 bits per heavy atom. The van der Waals surface area contributed by atoms with Crippen molar-refractivity contribution in [1.29, 1.82) is 0 Å². The smallest absolute Gasteiger partial charge is 0.345 e. The number of pyridine rings is 1. The number of carbonyl (C=O) groups excluding carboxylic acids is 2. The molecular weight excluding hydrogens is 550 g/mol. The van der Waals surface area contributed by atoms with Crippen LogP contribution in [0.5, 0.6) is 5.75 Å². The van der Waals surface area contributed by atoms with Gasteiger partial charge in [0.1, 0.15) is 41.5 Å². The van der Waals surface area contributed by atoms with Crippen LogP contribution in [-0.4, -0.2) is 73.5 Å². The Morgan fingerprint density at radius 3 is 2.50 bits per heavy atom. The molecule has 0 bridgehead atoms. The maximum Gasteiger partial charge on any atom is 0.345 e. The number of esters is 2. The molecule has 7 rings (SSSR count). The Balaban J connectivity index is 1.24. The zero-order valence-corrected chi connectivity index (χ0v) is 22.8. The van der Waals surface area contributed by atoms with Gasteiger partial charge in [0.05, 0.1) is 35.6 Å². The van der Waals surface area contributed by atoms with Crippen LogP contribution in [0.1, 0.15) is 56.6 Å². The Kier molecular flexibility index (Phi) is 6.46. The first-order valence-corrected chi connectivity index (χ1v) is 14.5. The van der Waals surface area contributed by atoms with Crippen molar-refractivity contribution in [2.24, 2.45) is 23.7 Å². The lowest BCUT2D eigenvalue weighted by molar-refractivity contribution is -0.294. The Labute approximate surface area is 240 Å². The molecule has 0 radical (unpaired) electrons. The van der Waals surface area contributed by atoms with Crippen LogP contribution in [0.2, 0.25) is 0 Å². The molecule has 0 aromatic carbocycles. The van der Waals surface area contributed by atoms with Crippen LogP contribution in [0.3, 0.4) is 0 Å². The van der Waals surface area contributed by atoms with Crippen molar-refractivity contribution < 1.29 is 48.6 Å². The summed E-state index contributed by atoms with van der Waals surface area (Å²) in [6, 6.07) is 4.80. The number of aromatic nitrogens is 1. The molecule has 8 atom stereocenters. The van der Waals surface area contributed by atoms with Crippen molar-refractivity contribution in [2.75, 3.05) is 6.61 Å². The van der Waals surface area contributed by atoms with E-state index in [4.69, 9.17) is 18.6 Å². The quantitative estimate of drug-likeness (QED) is 0.355. The molecular formula is C30H33NO11. The lowest BCUT2D eigenvalue weighted by Gasteiger charge is -2.61. The molecule has 224 valence electrons. The Morgan fingerprint density at radius 1 is 1.07 bits per heavy atom. The van der Waals surface area contributed by atoms with Crippen LogP contribution in [0, 0.1) is 23.7 Å². The summed E-state index contributed by atoms with van der Waals surface area (Å²) in [7, 11) is 0. The van der Waals surface area contributed by atoms with Crippen LogP contribution >= 0.6 is 0 Å². The minimum absolute atomic E-state index is 0.00359. The van der Waals surface area contributed by atoms with Crippen molar-refractivity contribution >= 4 is 11.9 Å². The molecule has 42 heavy (non-hydrogen) atoms. The minimum atomic E-state index is -2.07. The van der Waals surface area contributed by atoms with Gasteiger partial charge in [-0.3, -0.25) is 14.6 Å². The van der Waals surface area contributed by atoms with E-state index in [9.17, 15) is 34.8 Å². The molecule has 2 aromatic rings. The third-order valence-electron chi connectivity index (χ3n) is 9.68. The molecule has 4 fully saturated rings. The summed E-state index contributed by atoms with van der Waals surface area (Å²) in [4.78, 5) is 42.3. The highest BCUT2D eigenvalue weighted by Crippen LogP contribution is 2.58. The predicted octanol–water partition coefficient (Wildman–Crippen LogP) is 1.02. The third-order valence-corrected chi connectivity index (χ3v) is 9.68. The first-order valence-electron chi connectivity index (χ1n) is 14.5. The molecule has 2 aromatic heterocycles. The summed E-state index contributed by atoms with van der Waals surface area (Å²) in [6.07, 6.45) is 0.372. The van der Waals surface area contributed by atoms with E-state index in [0.29, 0.717) is 31.2 Å². The number of fused-ring (bicyclic) bond motifs is 4. The van der Waals surface area contributed by atoms with Crippen molar-refractivity contribution in [3.05, 3.63) is 46.6 Å². The van der Waals surface area contributed by atoms with E-state index in [1.165, 1.54) is 12.3 Å². The summed E-state index contributed by atoms with van der Waals surface area (Å²) in [5, 5.41) is 47.4. The second-order valence-electron chi connectivity index (χ2n) is 12.4. The van der Waals surface area contributed by atoms with Gasteiger partial charge in [0, 0.05) is 29.9 Å². The highest BCUT2D eigenvalue weighted by molar-refractivity contribution is 5.75. The lowest BCUT2D eigenvalue weighted by atomic mass is 9.52. The minimum Gasteiger partial charge on any atom is -0.486 e. The Hall–Kier alpha value is -3.32. The number of ether oxygens (including phenoxy) is 3. The van der Waals surface area contributed by atoms with Crippen LogP contribution < -0.4 is 10.4 Å². The monoisotopic (exact) mass is 583 g/mol. The lowest BCUT2D eigenvalue weighted by Crippen LogP contribution is -2.73. The van der Waals surface area contributed by atoms with Gasteiger partial charge in [-0.2, -0.15) is 0 Å². The molecule has 12 nitrogen and oxygen atoms in total. The standard InChI is InChI=1S/C30H33NO11/c32-17-10-20-29(37,8-7-21(42-27(35)15-5-6-15)30(20,38)13-39-26(34)14-3-4-14)23-24(33)22-19(40-25(17)23)11-18(41-28(22)36)16-2-1-9-31-12-16/h1-2,9,11-12,14-15,17,20-21,23-25,32-33,37-38H,3-8,10,13H2/t17?,20-,21+,23+,24+,25?,29-,30?/m1/s1. The first-order chi connectivity index (χ1) is 20.1. The molecule has 12 heteroatoms. The van der Waals surface area contributed by atoms with E-state index in [1.807, 2.05) is 0 Å². The molecule has 4 saturated carbocycles. The molecule has 1 aliphatic heterocycles. The van der Waals surface area contributed by atoms with E-state index in [-0.39, 0.29) is 48.2 Å². The van der Waals surface area contributed by atoms with Crippen molar-refractivity contribution in [3.63, 3.8) is 0 Å². The second-order valence-corrected chi connectivity index (χ2v) is 12.4. The van der Waals surface area contributed by atoms with Crippen LogP contribution in [0.15, 0.2) is 39.8 Å². The van der Waals surface area contributed by atoms with Crippen molar-refractivity contribution in [3.8, 4) is 17.1 Å². The van der Waals surface area contributed by atoms with Crippen LogP contribution in [0.25, 0.3) is 11.3 Å². The van der Waals surface area contributed by atoms with Gasteiger partial charge in [-0.15, -0.1) is 0 Å². The van der Waals surface area contributed by atoms with Crippen molar-refractivity contribution in [2.45, 2.75) is 80.6 Å². The van der Waals surface area contributed by atoms with Gasteiger partial charge in [0.2, 0.25) is 0 Å². The van der Waals surface area contributed by atoms with Gasteiger partial charge in [-0.25, -0.2) is 4.79 Å². The number of hydrogen-bond acceptors (Lipinski definition) is 12. The highest BCUT2D eigenvalue weighted by atomic mass is 16.6. The Bertz CT molecular complexity index is 1450. The number of aliphatic hydroxyl groups is 4. The second kappa shape index (κ2) is 9.87. The molecule has 4 aliphatic carbocycles.